The fourth-order valence-electron chi connectivity index (χ4n) is 2.58. The molecule has 0 spiro atoms. The van der Waals surface area contributed by atoms with Gasteiger partial charge in [-0.15, -0.1) is 0 Å². The van der Waals surface area contributed by atoms with Crippen LogP contribution < -0.4 is 20.3 Å². The van der Waals surface area contributed by atoms with Gasteiger partial charge in [0.05, 0.1) is 5.69 Å². The summed E-state index contributed by atoms with van der Waals surface area (Å²) in [5.41, 5.74) is 2.57. The molecule has 0 bridgehead atoms. The smallest absolute Gasteiger partial charge is 0.323 e. The average Bonchev–Trinajstić information content (AvgIpc) is 2.57. The molecule has 2 aromatic carbocycles. The zero-order chi connectivity index (χ0) is 18.7. The monoisotopic (exact) mass is 371 g/mol. The van der Waals surface area contributed by atoms with Gasteiger partial charge in [-0.05, 0) is 43.3 Å². The van der Waals surface area contributed by atoms with Crippen LogP contribution in [0.1, 0.15) is 6.92 Å². The molecule has 134 valence electrons. The Morgan fingerprint density at radius 2 is 1.96 bits per heavy atom. The zero-order valence-electron chi connectivity index (χ0n) is 14.2. The van der Waals surface area contributed by atoms with Crippen LogP contribution in [-0.2, 0) is 4.79 Å². The number of hydrogen-bond acceptors (Lipinski definition) is 3. The topological polar surface area (TPSA) is 70.7 Å². The molecule has 0 fully saturated rings. The van der Waals surface area contributed by atoms with E-state index in [0.717, 1.165) is 5.57 Å². The second kappa shape index (κ2) is 7.49. The van der Waals surface area contributed by atoms with Crippen molar-refractivity contribution in [2.45, 2.75) is 6.92 Å². The molecule has 6 nitrogen and oxygen atoms in total. The third-order valence-electron chi connectivity index (χ3n) is 3.67. The van der Waals surface area contributed by atoms with Crippen molar-refractivity contribution in [1.29, 1.82) is 0 Å². The standard InChI is InChI=1S/C19H18ClN3O3/c1-12(2)10-23-16-9-15(6-7-17(16)26-11-18(23)24)22-19(25)21-14-5-3-4-13(20)8-14/h3-9H,1,10-11H2,2H3,(H2,21,22,25). The van der Waals surface area contributed by atoms with E-state index >= 15 is 0 Å². The van der Waals surface area contributed by atoms with Crippen molar-refractivity contribution >= 4 is 40.6 Å². The van der Waals surface area contributed by atoms with Crippen molar-refractivity contribution in [2.75, 3.05) is 28.7 Å². The van der Waals surface area contributed by atoms with Crippen LogP contribution in [-0.4, -0.2) is 25.1 Å². The molecule has 0 radical (unpaired) electrons. The summed E-state index contributed by atoms with van der Waals surface area (Å²) in [6.45, 7) is 6.09. The molecule has 0 saturated carbocycles. The molecule has 0 saturated heterocycles. The molecule has 1 heterocycles. The summed E-state index contributed by atoms with van der Waals surface area (Å²) < 4.78 is 5.45. The van der Waals surface area contributed by atoms with Gasteiger partial charge >= 0.3 is 6.03 Å². The van der Waals surface area contributed by atoms with E-state index in [-0.39, 0.29) is 12.5 Å². The number of rotatable bonds is 4. The van der Waals surface area contributed by atoms with Crippen LogP contribution >= 0.6 is 11.6 Å². The largest absolute Gasteiger partial charge is 0.482 e. The first-order valence-corrected chi connectivity index (χ1v) is 8.35. The molecule has 7 heteroatoms. The highest BCUT2D eigenvalue weighted by atomic mass is 35.5. The van der Waals surface area contributed by atoms with E-state index in [1.54, 1.807) is 47.4 Å². The highest BCUT2D eigenvalue weighted by Gasteiger charge is 2.25. The minimum absolute atomic E-state index is 0.0116. The summed E-state index contributed by atoms with van der Waals surface area (Å²) in [6, 6.07) is 11.6. The predicted molar refractivity (Wildman–Crippen MR) is 103 cm³/mol. The van der Waals surface area contributed by atoms with Gasteiger partial charge in [0.25, 0.3) is 5.91 Å². The van der Waals surface area contributed by atoms with Gasteiger partial charge in [0.15, 0.2) is 6.61 Å². The third-order valence-corrected chi connectivity index (χ3v) is 3.91. The maximum Gasteiger partial charge on any atom is 0.323 e. The van der Waals surface area contributed by atoms with E-state index in [9.17, 15) is 9.59 Å². The van der Waals surface area contributed by atoms with Gasteiger partial charge in [-0.25, -0.2) is 4.79 Å². The fraction of sp³-hybridized carbons (Fsp3) is 0.158. The molecule has 3 amide bonds. The van der Waals surface area contributed by atoms with E-state index in [0.29, 0.717) is 34.4 Å². The molecular formula is C19H18ClN3O3. The predicted octanol–water partition coefficient (Wildman–Crippen LogP) is 4.29. The number of benzene rings is 2. The number of carbonyl (C=O) groups is 2. The number of amides is 3. The van der Waals surface area contributed by atoms with E-state index in [4.69, 9.17) is 16.3 Å². The lowest BCUT2D eigenvalue weighted by Gasteiger charge is -2.30. The molecule has 0 aromatic heterocycles. The Morgan fingerprint density at radius 1 is 1.23 bits per heavy atom. The maximum atomic E-state index is 12.2. The van der Waals surface area contributed by atoms with Crippen LogP contribution in [0.25, 0.3) is 0 Å². The van der Waals surface area contributed by atoms with Crippen LogP contribution in [0.4, 0.5) is 21.9 Å². The summed E-state index contributed by atoms with van der Waals surface area (Å²) >= 11 is 5.91. The second-order valence-electron chi connectivity index (χ2n) is 6.00. The summed E-state index contributed by atoms with van der Waals surface area (Å²) in [6.07, 6.45) is 0. The molecule has 0 atom stereocenters. The van der Waals surface area contributed by atoms with Crippen LogP contribution in [0.5, 0.6) is 5.75 Å². The lowest BCUT2D eigenvalue weighted by molar-refractivity contribution is -0.121. The van der Waals surface area contributed by atoms with Gasteiger partial charge in [0.2, 0.25) is 0 Å². The molecule has 0 aliphatic carbocycles. The number of nitrogens with zero attached hydrogens (tertiary/aromatic N) is 1. The van der Waals surface area contributed by atoms with Crippen molar-refractivity contribution in [3.8, 4) is 5.75 Å². The van der Waals surface area contributed by atoms with Crippen molar-refractivity contribution in [3.05, 3.63) is 59.6 Å². The van der Waals surface area contributed by atoms with Crippen LogP contribution in [0, 0.1) is 0 Å². The average molecular weight is 372 g/mol. The van der Waals surface area contributed by atoms with Gasteiger partial charge in [-0.3, -0.25) is 4.79 Å². The van der Waals surface area contributed by atoms with Crippen LogP contribution in [0.3, 0.4) is 0 Å². The second-order valence-corrected chi connectivity index (χ2v) is 6.43. The van der Waals surface area contributed by atoms with Gasteiger partial charge < -0.3 is 20.3 Å². The Kier molecular flexibility index (Phi) is 5.14. The summed E-state index contributed by atoms with van der Waals surface area (Å²) in [4.78, 5) is 25.9. The molecule has 1 aliphatic heterocycles. The Bertz CT molecular complexity index is 882. The van der Waals surface area contributed by atoms with E-state index in [2.05, 4.69) is 17.2 Å². The first kappa shape index (κ1) is 17.8. The highest BCUT2D eigenvalue weighted by Crippen LogP contribution is 2.35. The number of anilines is 3. The fourth-order valence-corrected chi connectivity index (χ4v) is 2.77. The Balaban J connectivity index is 1.77. The molecular weight excluding hydrogens is 354 g/mol. The first-order valence-electron chi connectivity index (χ1n) is 7.97. The molecule has 2 N–H and O–H groups in total. The third kappa shape index (κ3) is 4.15. The van der Waals surface area contributed by atoms with E-state index in [1.807, 2.05) is 6.92 Å². The van der Waals surface area contributed by atoms with Crippen molar-refractivity contribution in [2.24, 2.45) is 0 Å². The summed E-state index contributed by atoms with van der Waals surface area (Å²) in [5.74, 6) is 0.438. The minimum Gasteiger partial charge on any atom is -0.482 e. The number of urea groups is 1. The quantitative estimate of drug-likeness (QED) is 0.788. The summed E-state index contributed by atoms with van der Waals surface area (Å²) in [7, 11) is 0. The lowest BCUT2D eigenvalue weighted by Crippen LogP contribution is -2.39. The normalized spacial score (nSPS) is 12.8. The van der Waals surface area contributed by atoms with Crippen molar-refractivity contribution in [3.63, 3.8) is 0 Å². The SMILES string of the molecule is C=C(C)CN1C(=O)COc2ccc(NC(=O)Nc3cccc(Cl)c3)cc21. The number of ether oxygens (including phenoxy) is 1. The van der Waals surface area contributed by atoms with Gasteiger partial charge in [0, 0.05) is 22.9 Å². The van der Waals surface area contributed by atoms with Crippen LogP contribution in [0.15, 0.2) is 54.6 Å². The Labute approximate surface area is 156 Å². The van der Waals surface area contributed by atoms with Crippen molar-refractivity contribution < 1.29 is 14.3 Å². The maximum absolute atomic E-state index is 12.2. The molecule has 0 unspecified atom stereocenters. The lowest BCUT2D eigenvalue weighted by atomic mass is 10.2. The number of fused-ring (bicyclic) bond motifs is 1. The Morgan fingerprint density at radius 3 is 2.65 bits per heavy atom. The molecule has 2 aromatic rings. The molecule has 3 rings (SSSR count). The number of carbonyl (C=O) groups excluding carboxylic acids is 2. The Hall–Kier alpha value is -2.99. The van der Waals surface area contributed by atoms with E-state index in [1.165, 1.54) is 0 Å². The van der Waals surface area contributed by atoms with Gasteiger partial charge in [-0.2, -0.15) is 0 Å². The summed E-state index contributed by atoms with van der Waals surface area (Å²) in [5, 5.41) is 5.97. The molecule has 26 heavy (non-hydrogen) atoms. The number of halogens is 1. The molecule has 1 aliphatic rings. The van der Waals surface area contributed by atoms with Gasteiger partial charge in [0.1, 0.15) is 5.75 Å². The van der Waals surface area contributed by atoms with Gasteiger partial charge in [-0.1, -0.05) is 29.8 Å². The van der Waals surface area contributed by atoms with Crippen molar-refractivity contribution in [1.82, 2.24) is 0 Å². The number of hydrogen-bond donors (Lipinski definition) is 2. The zero-order valence-corrected chi connectivity index (χ0v) is 15.0. The van der Waals surface area contributed by atoms with Crippen LogP contribution in [0.2, 0.25) is 5.02 Å². The number of nitrogens with one attached hydrogen (secondary N) is 2. The highest BCUT2D eigenvalue weighted by molar-refractivity contribution is 6.30. The first-order chi connectivity index (χ1) is 12.4. The minimum atomic E-state index is -0.415. The van der Waals surface area contributed by atoms with E-state index < -0.39 is 6.03 Å².